The molecule has 19 heavy (non-hydrogen) atoms. The van der Waals surface area contributed by atoms with Crippen LogP contribution >= 0.6 is 0 Å². The third-order valence-electron chi connectivity index (χ3n) is 5.53. The van der Waals surface area contributed by atoms with Gasteiger partial charge in [-0.1, -0.05) is 0 Å². The van der Waals surface area contributed by atoms with Crippen LogP contribution in [0.25, 0.3) is 0 Å². The largest absolute Gasteiger partial charge is 0.381 e. The first kappa shape index (κ1) is 12.6. The van der Waals surface area contributed by atoms with Crippen LogP contribution in [0, 0.1) is 5.92 Å². The lowest BCUT2D eigenvalue weighted by Crippen LogP contribution is -2.47. The summed E-state index contributed by atoms with van der Waals surface area (Å²) >= 11 is 0. The molecule has 0 aromatic rings. The second-order valence-electron chi connectivity index (χ2n) is 6.70. The number of hydrogen-bond donors (Lipinski definition) is 0. The van der Waals surface area contributed by atoms with Gasteiger partial charge in [0.2, 0.25) is 0 Å². The van der Waals surface area contributed by atoms with Gasteiger partial charge in [-0.05, 0) is 44.9 Å². The van der Waals surface area contributed by atoms with E-state index in [-0.39, 0.29) is 17.5 Å². The van der Waals surface area contributed by atoms with Crippen LogP contribution in [0.5, 0.6) is 0 Å². The van der Waals surface area contributed by atoms with E-state index >= 15 is 0 Å². The number of hydrogen-bond acceptors (Lipinski definition) is 4. The maximum absolute atomic E-state index is 6.42. The van der Waals surface area contributed by atoms with Crippen molar-refractivity contribution < 1.29 is 18.9 Å². The molecule has 4 aliphatic rings. The van der Waals surface area contributed by atoms with E-state index in [1.165, 1.54) is 19.3 Å². The van der Waals surface area contributed by atoms with Crippen LogP contribution in [-0.4, -0.2) is 43.9 Å². The van der Waals surface area contributed by atoms with Crippen LogP contribution in [0.1, 0.15) is 44.9 Å². The van der Waals surface area contributed by atoms with Gasteiger partial charge in [-0.25, -0.2) is 0 Å². The average Bonchev–Trinajstić information content (AvgIpc) is 2.77. The minimum Gasteiger partial charge on any atom is -0.381 e. The van der Waals surface area contributed by atoms with Gasteiger partial charge < -0.3 is 18.9 Å². The highest BCUT2D eigenvalue weighted by molar-refractivity contribution is 4.98. The summed E-state index contributed by atoms with van der Waals surface area (Å²) in [6, 6.07) is 0. The average molecular weight is 268 g/mol. The molecule has 0 aromatic carbocycles. The summed E-state index contributed by atoms with van der Waals surface area (Å²) < 4.78 is 23.8. The third-order valence-corrected chi connectivity index (χ3v) is 5.53. The van der Waals surface area contributed by atoms with Crippen molar-refractivity contribution >= 4 is 0 Å². The van der Waals surface area contributed by atoms with Crippen LogP contribution in [0.4, 0.5) is 0 Å². The highest BCUT2D eigenvalue weighted by Crippen LogP contribution is 2.50. The number of rotatable bonds is 0. The standard InChI is InChI=1S/C15H24O4/c1-2-14(3-7-16-8-4-14)18-13-12(1)11-15(19-13)5-9-17-10-6-15/h12-13H,1-11H2/t12-,13+/m1/s1. The van der Waals surface area contributed by atoms with Crippen molar-refractivity contribution in [2.75, 3.05) is 26.4 Å². The highest BCUT2D eigenvalue weighted by Gasteiger charge is 2.53. The maximum Gasteiger partial charge on any atom is 0.161 e. The van der Waals surface area contributed by atoms with Gasteiger partial charge in [-0.2, -0.15) is 0 Å². The molecule has 0 bridgehead atoms. The molecule has 0 N–H and O–H groups in total. The van der Waals surface area contributed by atoms with Gasteiger partial charge in [-0.15, -0.1) is 0 Å². The van der Waals surface area contributed by atoms with E-state index in [4.69, 9.17) is 18.9 Å². The monoisotopic (exact) mass is 268 g/mol. The molecule has 4 rings (SSSR count). The van der Waals surface area contributed by atoms with Crippen LogP contribution in [0.2, 0.25) is 0 Å². The predicted octanol–water partition coefficient (Wildman–Crippen LogP) is 2.26. The highest BCUT2D eigenvalue weighted by atomic mass is 16.7. The molecule has 0 radical (unpaired) electrons. The molecular weight excluding hydrogens is 244 g/mol. The topological polar surface area (TPSA) is 36.9 Å². The smallest absolute Gasteiger partial charge is 0.161 e. The van der Waals surface area contributed by atoms with Crippen LogP contribution in [0.3, 0.4) is 0 Å². The van der Waals surface area contributed by atoms with Gasteiger partial charge in [-0.3, -0.25) is 0 Å². The summed E-state index contributed by atoms with van der Waals surface area (Å²) in [6.45, 7) is 3.38. The Morgan fingerprint density at radius 1 is 0.684 bits per heavy atom. The van der Waals surface area contributed by atoms with Crippen LogP contribution < -0.4 is 0 Å². The summed E-state index contributed by atoms with van der Waals surface area (Å²) in [5.74, 6) is 0.603. The number of fused-ring (bicyclic) bond motifs is 1. The van der Waals surface area contributed by atoms with Crippen molar-refractivity contribution in [3.63, 3.8) is 0 Å². The zero-order valence-electron chi connectivity index (χ0n) is 11.6. The molecule has 2 atom stereocenters. The summed E-state index contributed by atoms with van der Waals surface area (Å²) in [7, 11) is 0. The van der Waals surface area contributed by atoms with E-state index in [0.717, 1.165) is 52.1 Å². The van der Waals surface area contributed by atoms with Crippen molar-refractivity contribution in [2.45, 2.75) is 62.4 Å². The van der Waals surface area contributed by atoms with E-state index in [1.807, 2.05) is 0 Å². The molecule has 4 heterocycles. The van der Waals surface area contributed by atoms with E-state index in [0.29, 0.717) is 5.92 Å². The lowest BCUT2D eigenvalue weighted by atomic mass is 9.79. The first-order valence-electron chi connectivity index (χ1n) is 7.81. The Labute approximate surface area is 114 Å². The molecule has 4 heteroatoms. The van der Waals surface area contributed by atoms with Crippen molar-refractivity contribution in [1.29, 1.82) is 0 Å². The third kappa shape index (κ3) is 2.23. The minimum atomic E-state index is 0.0324. The fraction of sp³-hybridized carbons (Fsp3) is 1.00. The molecule has 0 aromatic heterocycles. The van der Waals surface area contributed by atoms with Gasteiger partial charge in [0.15, 0.2) is 6.29 Å². The Balaban J connectivity index is 1.47. The first-order chi connectivity index (χ1) is 9.29. The Bertz CT molecular complexity index is 319. The molecule has 2 spiro atoms. The Kier molecular flexibility index (Phi) is 3.10. The molecule has 0 aliphatic carbocycles. The molecule has 4 aliphatic heterocycles. The molecule has 0 amide bonds. The first-order valence-corrected chi connectivity index (χ1v) is 7.81. The Morgan fingerprint density at radius 2 is 1.26 bits per heavy atom. The van der Waals surface area contributed by atoms with Crippen LogP contribution in [-0.2, 0) is 18.9 Å². The van der Waals surface area contributed by atoms with Crippen molar-refractivity contribution in [2.24, 2.45) is 5.92 Å². The number of ether oxygens (including phenoxy) is 4. The van der Waals surface area contributed by atoms with Gasteiger partial charge in [0, 0.05) is 32.3 Å². The fourth-order valence-corrected chi connectivity index (χ4v) is 4.25. The van der Waals surface area contributed by atoms with E-state index in [1.54, 1.807) is 0 Å². The quantitative estimate of drug-likeness (QED) is 0.675. The molecule has 0 saturated carbocycles. The Hall–Kier alpha value is -0.160. The zero-order valence-corrected chi connectivity index (χ0v) is 11.6. The normalized spacial score (nSPS) is 40.4. The van der Waals surface area contributed by atoms with Gasteiger partial charge >= 0.3 is 0 Å². The van der Waals surface area contributed by atoms with Crippen molar-refractivity contribution in [1.82, 2.24) is 0 Å². The maximum atomic E-state index is 6.42. The molecule has 108 valence electrons. The van der Waals surface area contributed by atoms with Crippen molar-refractivity contribution in [3.8, 4) is 0 Å². The Morgan fingerprint density at radius 3 is 1.95 bits per heavy atom. The van der Waals surface area contributed by atoms with Crippen LogP contribution in [0.15, 0.2) is 0 Å². The predicted molar refractivity (Wildman–Crippen MR) is 68.9 cm³/mol. The summed E-state index contributed by atoms with van der Waals surface area (Å²) in [6.07, 6.45) is 7.81. The lowest BCUT2D eigenvalue weighted by Gasteiger charge is -2.44. The van der Waals surface area contributed by atoms with Gasteiger partial charge in [0.05, 0.1) is 11.2 Å². The van der Waals surface area contributed by atoms with E-state index < -0.39 is 0 Å². The van der Waals surface area contributed by atoms with Gasteiger partial charge in [0.25, 0.3) is 0 Å². The SMILES string of the molecule is C1CC2(CCO1)CC[C@@H]1CC3(CCOCC3)O[C@@H]1O2. The molecular formula is C15H24O4. The van der Waals surface area contributed by atoms with E-state index in [2.05, 4.69) is 0 Å². The van der Waals surface area contributed by atoms with Gasteiger partial charge in [0.1, 0.15) is 0 Å². The molecule has 0 unspecified atom stereocenters. The molecule has 4 fully saturated rings. The van der Waals surface area contributed by atoms with Crippen molar-refractivity contribution in [3.05, 3.63) is 0 Å². The minimum absolute atomic E-state index is 0.0324. The van der Waals surface area contributed by atoms with E-state index in [9.17, 15) is 0 Å². The molecule has 4 nitrogen and oxygen atoms in total. The zero-order chi connectivity index (χ0) is 12.8. The second kappa shape index (κ2) is 4.69. The summed E-state index contributed by atoms with van der Waals surface area (Å²) in [5, 5.41) is 0. The summed E-state index contributed by atoms with van der Waals surface area (Å²) in [4.78, 5) is 0. The molecule has 4 saturated heterocycles. The second-order valence-corrected chi connectivity index (χ2v) is 6.70. The lowest BCUT2D eigenvalue weighted by molar-refractivity contribution is -0.275. The summed E-state index contributed by atoms with van der Waals surface area (Å²) in [5.41, 5.74) is 0.112. The fourth-order valence-electron chi connectivity index (χ4n) is 4.25.